The second-order valence-electron chi connectivity index (χ2n) is 10.8. The van der Waals surface area contributed by atoms with Crippen molar-refractivity contribution in [1.29, 1.82) is 0 Å². The van der Waals surface area contributed by atoms with Crippen molar-refractivity contribution in [3.8, 4) is 11.1 Å². The lowest BCUT2D eigenvalue weighted by Gasteiger charge is -2.33. The quantitative estimate of drug-likeness (QED) is 0.376. The van der Waals surface area contributed by atoms with Crippen molar-refractivity contribution in [1.82, 2.24) is 4.90 Å². The summed E-state index contributed by atoms with van der Waals surface area (Å²) in [6.45, 7) is 6.62. The first-order valence-corrected chi connectivity index (χ1v) is 14.1. The van der Waals surface area contributed by atoms with Crippen molar-refractivity contribution in [3.63, 3.8) is 0 Å². The number of amides is 1. The molecule has 1 saturated heterocycles. The Bertz CT molecular complexity index is 1240. The van der Waals surface area contributed by atoms with E-state index in [-0.39, 0.29) is 5.91 Å². The monoisotopic (exact) mass is 492 g/mol. The van der Waals surface area contributed by atoms with Gasteiger partial charge in [-0.1, -0.05) is 80.3 Å². The van der Waals surface area contributed by atoms with Crippen molar-refractivity contribution in [2.75, 3.05) is 11.9 Å². The maximum Gasteiger partial charge on any atom is 0.251 e. The van der Waals surface area contributed by atoms with Crippen LogP contribution in [0.2, 0.25) is 0 Å². The standard InChI is InChI=1S/C34H40N2O/c1-3-33-8-6-4-5-7-21-36(33)24-26-11-19-32(20-12-26)35-34(37)30-18-16-28-15-17-29(22-31(28)23-30)27-13-9-25(2)10-14-27/h9-15,17,19-20,22-23,33H,3-8,16,18,21,24H2,1-2H3,(H,35,37). The summed E-state index contributed by atoms with van der Waals surface area (Å²) in [4.78, 5) is 15.8. The number of nitrogens with zero attached hydrogens (tertiary/aromatic N) is 1. The maximum absolute atomic E-state index is 13.1. The maximum atomic E-state index is 13.1. The number of carbonyl (C=O) groups excluding carboxylic acids is 1. The first kappa shape index (κ1) is 25.5. The summed E-state index contributed by atoms with van der Waals surface area (Å²) in [5, 5.41) is 3.14. The van der Waals surface area contributed by atoms with E-state index in [1.807, 2.05) is 0 Å². The van der Waals surface area contributed by atoms with E-state index in [0.29, 0.717) is 6.04 Å². The largest absolute Gasteiger partial charge is 0.322 e. The molecule has 0 aromatic heterocycles. The van der Waals surface area contributed by atoms with E-state index in [1.165, 1.54) is 72.9 Å². The zero-order chi connectivity index (χ0) is 25.6. The number of carbonyl (C=O) groups is 1. The SMILES string of the molecule is CCC1CCCCCCN1Cc1ccc(NC(=O)C2=Cc3cc(-c4ccc(C)cc4)ccc3CC2)cc1. The summed E-state index contributed by atoms with van der Waals surface area (Å²) in [5.74, 6) is 0.00829. The highest BCUT2D eigenvalue weighted by molar-refractivity contribution is 6.07. The Balaban J connectivity index is 1.24. The van der Waals surface area contributed by atoms with E-state index in [4.69, 9.17) is 0 Å². The van der Waals surface area contributed by atoms with Crippen molar-refractivity contribution >= 4 is 17.7 Å². The van der Waals surface area contributed by atoms with Crippen LogP contribution in [0, 0.1) is 6.92 Å². The minimum Gasteiger partial charge on any atom is -0.322 e. The Morgan fingerprint density at radius 1 is 0.892 bits per heavy atom. The van der Waals surface area contributed by atoms with E-state index in [2.05, 4.69) is 96.9 Å². The molecule has 0 saturated carbocycles. The van der Waals surface area contributed by atoms with Gasteiger partial charge in [0.05, 0.1) is 0 Å². The highest BCUT2D eigenvalue weighted by Gasteiger charge is 2.19. The summed E-state index contributed by atoms with van der Waals surface area (Å²) in [5.41, 5.74) is 9.17. The molecule has 1 aliphatic heterocycles. The Morgan fingerprint density at radius 3 is 2.43 bits per heavy atom. The van der Waals surface area contributed by atoms with Gasteiger partial charge in [0.15, 0.2) is 0 Å². The molecular weight excluding hydrogens is 452 g/mol. The highest BCUT2D eigenvalue weighted by atomic mass is 16.1. The van der Waals surface area contributed by atoms with Gasteiger partial charge < -0.3 is 5.32 Å². The molecule has 3 heteroatoms. The molecule has 1 unspecified atom stereocenters. The van der Waals surface area contributed by atoms with Gasteiger partial charge in [-0.25, -0.2) is 0 Å². The Hall–Kier alpha value is -3.17. The van der Waals surface area contributed by atoms with Crippen LogP contribution in [0.4, 0.5) is 5.69 Å². The number of rotatable bonds is 6. The normalized spacial score (nSPS) is 18.3. The van der Waals surface area contributed by atoms with E-state index in [1.54, 1.807) is 0 Å². The molecule has 192 valence electrons. The molecule has 0 bridgehead atoms. The third-order valence-corrected chi connectivity index (χ3v) is 8.13. The summed E-state index contributed by atoms with van der Waals surface area (Å²) < 4.78 is 0. The van der Waals surface area contributed by atoms with Crippen LogP contribution in [0.3, 0.4) is 0 Å². The van der Waals surface area contributed by atoms with Crippen LogP contribution in [0.25, 0.3) is 17.2 Å². The van der Waals surface area contributed by atoms with Gasteiger partial charge in [-0.15, -0.1) is 0 Å². The Labute approximate surface area is 222 Å². The molecule has 1 N–H and O–H groups in total. The first-order chi connectivity index (χ1) is 18.1. The first-order valence-electron chi connectivity index (χ1n) is 14.1. The Morgan fingerprint density at radius 2 is 1.65 bits per heavy atom. The lowest BCUT2D eigenvalue weighted by Crippen LogP contribution is -2.36. The lowest BCUT2D eigenvalue weighted by molar-refractivity contribution is -0.112. The molecule has 3 nitrogen and oxygen atoms in total. The zero-order valence-electron chi connectivity index (χ0n) is 22.4. The predicted molar refractivity (Wildman–Crippen MR) is 156 cm³/mol. The molecule has 2 aliphatic rings. The fourth-order valence-electron chi connectivity index (χ4n) is 5.81. The van der Waals surface area contributed by atoms with Crippen molar-refractivity contribution in [3.05, 3.63) is 94.6 Å². The van der Waals surface area contributed by atoms with Gasteiger partial charge in [-0.05, 0) is 97.7 Å². The smallest absolute Gasteiger partial charge is 0.251 e. The van der Waals surface area contributed by atoms with Gasteiger partial charge in [-0.3, -0.25) is 9.69 Å². The van der Waals surface area contributed by atoms with Crippen molar-refractivity contribution < 1.29 is 4.79 Å². The number of fused-ring (bicyclic) bond motifs is 1. The van der Waals surface area contributed by atoms with Crippen molar-refractivity contribution in [2.45, 2.75) is 77.8 Å². The fraction of sp³-hybridized carbons (Fsp3) is 0.382. The molecular formula is C34H40N2O. The molecule has 1 amide bonds. The number of aryl methyl sites for hydroxylation is 2. The van der Waals surface area contributed by atoms with Crippen LogP contribution in [0.1, 0.15) is 74.1 Å². The number of hydrogen-bond donors (Lipinski definition) is 1. The van der Waals surface area contributed by atoms with Gasteiger partial charge in [0.25, 0.3) is 5.91 Å². The highest BCUT2D eigenvalue weighted by Crippen LogP contribution is 2.30. The molecule has 5 rings (SSSR count). The number of benzene rings is 3. The number of likely N-dealkylation sites (tertiary alicyclic amines) is 1. The van der Waals surface area contributed by atoms with E-state index in [9.17, 15) is 4.79 Å². The van der Waals surface area contributed by atoms with Crippen LogP contribution < -0.4 is 5.32 Å². The van der Waals surface area contributed by atoms with Crippen LogP contribution in [-0.2, 0) is 17.8 Å². The molecule has 37 heavy (non-hydrogen) atoms. The Kier molecular flexibility index (Phi) is 8.21. The summed E-state index contributed by atoms with van der Waals surface area (Å²) in [7, 11) is 0. The number of hydrogen-bond acceptors (Lipinski definition) is 2. The van der Waals surface area contributed by atoms with Gasteiger partial charge in [0.1, 0.15) is 0 Å². The molecule has 1 atom stereocenters. The van der Waals surface area contributed by atoms with Gasteiger partial charge in [0.2, 0.25) is 0 Å². The topological polar surface area (TPSA) is 32.3 Å². The van der Waals surface area contributed by atoms with E-state index < -0.39 is 0 Å². The summed E-state index contributed by atoms with van der Waals surface area (Å²) >= 11 is 0. The van der Waals surface area contributed by atoms with Crippen LogP contribution >= 0.6 is 0 Å². The van der Waals surface area contributed by atoms with Gasteiger partial charge >= 0.3 is 0 Å². The summed E-state index contributed by atoms with van der Waals surface area (Å²) in [6.07, 6.45) is 11.7. The van der Waals surface area contributed by atoms with Crippen molar-refractivity contribution in [2.24, 2.45) is 0 Å². The van der Waals surface area contributed by atoms with Gasteiger partial charge in [-0.2, -0.15) is 0 Å². The number of nitrogens with one attached hydrogen (secondary N) is 1. The molecule has 0 spiro atoms. The van der Waals surface area contributed by atoms with Crippen LogP contribution in [-0.4, -0.2) is 23.4 Å². The molecule has 0 radical (unpaired) electrons. The molecule has 1 heterocycles. The minimum atomic E-state index is 0.00829. The molecule has 3 aromatic carbocycles. The summed E-state index contributed by atoms with van der Waals surface area (Å²) in [6, 6.07) is 24.4. The average molecular weight is 493 g/mol. The molecule has 1 fully saturated rings. The van der Waals surface area contributed by atoms with Gasteiger partial charge in [0, 0.05) is 23.8 Å². The minimum absolute atomic E-state index is 0.00829. The zero-order valence-corrected chi connectivity index (χ0v) is 22.4. The molecule has 3 aromatic rings. The third-order valence-electron chi connectivity index (χ3n) is 8.13. The van der Waals surface area contributed by atoms with E-state index in [0.717, 1.165) is 36.2 Å². The van der Waals surface area contributed by atoms with Crippen LogP contribution in [0.5, 0.6) is 0 Å². The predicted octanol–water partition coefficient (Wildman–Crippen LogP) is 8.18. The average Bonchev–Trinajstić information content (AvgIpc) is 2.91. The lowest BCUT2D eigenvalue weighted by atomic mass is 9.89. The van der Waals surface area contributed by atoms with E-state index >= 15 is 0 Å². The molecule has 1 aliphatic carbocycles. The second-order valence-corrected chi connectivity index (χ2v) is 10.8. The van der Waals surface area contributed by atoms with Crippen LogP contribution in [0.15, 0.2) is 72.3 Å². The fourth-order valence-corrected chi connectivity index (χ4v) is 5.81. The number of anilines is 1. The third kappa shape index (κ3) is 6.40. The second kappa shape index (κ2) is 11.9.